The number of carbonyl (C=O) groups is 4. The standard InChI is InChI=1S/C41H42N8O4/c1-25-29-15-14-27(39(51)44-37-22-32-28(23-42-37)20-33(43-32)34-13-9-18-47(34)2)21-36(29)49(46-25)19-7-5-3-4-6-10-26-11-8-12-30-31(26)24-48(41(30)53)35-16-17-38(50)45-40(35)52/h8,11-12,14-15,20-23,34-35,43H,3-5,7,9,13,16-19,24H2,1-2H3,(H,42,44,51)(H,45,50,52)/t34-,35?/m1/s1. The van der Waals surface area contributed by atoms with Gasteiger partial charge < -0.3 is 15.2 Å². The zero-order valence-corrected chi connectivity index (χ0v) is 30.0. The lowest BCUT2D eigenvalue weighted by atomic mass is 10.0. The van der Waals surface area contributed by atoms with E-state index < -0.39 is 11.9 Å². The van der Waals surface area contributed by atoms with Crippen LogP contribution in [0.25, 0.3) is 21.8 Å². The Morgan fingerprint density at radius 3 is 2.75 bits per heavy atom. The Morgan fingerprint density at radius 1 is 1.04 bits per heavy atom. The first-order valence-corrected chi connectivity index (χ1v) is 18.5. The first-order chi connectivity index (χ1) is 25.7. The van der Waals surface area contributed by atoms with Crippen molar-refractivity contribution in [2.75, 3.05) is 18.9 Å². The number of H-pyrrole nitrogens is 1. The molecule has 0 aliphatic carbocycles. The van der Waals surface area contributed by atoms with Crippen molar-refractivity contribution in [1.82, 2.24) is 34.9 Å². The van der Waals surface area contributed by atoms with Gasteiger partial charge in [0.2, 0.25) is 11.8 Å². The van der Waals surface area contributed by atoms with E-state index in [4.69, 9.17) is 5.10 Å². The number of aromatic amines is 1. The van der Waals surface area contributed by atoms with Crippen molar-refractivity contribution in [3.05, 3.63) is 88.4 Å². The van der Waals surface area contributed by atoms with Crippen molar-refractivity contribution < 1.29 is 19.2 Å². The highest BCUT2D eigenvalue weighted by molar-refractivity contribution is 6.07. The number of hydrogen-bond acceptors (Lipinski definition) is 7. The number of anilines is 1. The summed E-state index contributed by atoms with van der Waals surface area (Å²) in [5.41, 5.74) is 6.73. The van der Waals surface area contributed by atoms with Gasteiger partial charge in [0.15, 0.2) is 0 Å². The third-order valence-electron chi connectivity index (χ3n) is 10.8. The lowest BCUT2D eigenvalue weighted by molar-refractivity contribution is -0.136. The third-order valence-corrected chi connectivity index (χ3v) is 10.8. The smallest absolute Gasteiger partial charge is 0.256 e. The summed E-state index contributed by atoms with van der Waals surface area (Å²) < 4.78 is 1.98. The molecule has 3 aliphatic rings. The van der Waals surface area contributed by atoms with Gasteiger partial charge >= 0.3 is 0 Å². The molecule has 0 saturated carbocycles. The minimum absolute atomic E-state index is 0.195. The molecule has 4 amide bonds. The molecule has 6 heterocycles. The molecule has 3 aromatic heterocycles. The second-order valence-corrected chi connectivity index (χ2v) is 14.4. The van der Waals surface area contributed by atoms with E-state index in [-0.39, 0.29) is 24.1 Å². The summed E-state index contributed by atoms with van der Waals surface area (Å²) in [6.45, 7) is 4.11. The Kier molecular flexibility index (Phi) is 9.26. The molecule has 3 N–H and O–H groups in total. The Labute approximate surface area is 307 Å². The van der Waals surface area contributed by atoms with E-state index in [1.807, 2.05) is 54.2 Å². The first-order valence-electron chi connectivity index (χ1n) is 18.5. The molecule has 0 spiro atoms. The van der Waals surface area contributed by atoms with E-state index in [9.17, 15) is 19.2 Å². The maximum Gasteiger partial charge on any atom is 0.256 e. The van der Waals surface area contributed by atoms with E-state index in [2.05, 4.69) is 50.5 Å². The topological polar surface area (TPSA) is 145 Å². The number of likely N-dealkylation sites (tertiary alicyclic amines) is 1. The van der Waals surface area contributed by atoms with Gasteiger partial charge in [-0.15, -0.1) is 0 Å². The number of amides is 4. The van der Waals surface area contributed by atoms with Gasteiger partial charge in [0.25, 0.3) is 11.8 Å². The Morgan fingerprint density at radius 2 is 1.92 bits per heavy atom. The van der Waals surface area contributed by atoms with Crippen molar-refractivity contribution >= 4 is 51.3 Å². The molecular weight excluding hydrogens is 669 g/mol. The Balaban J connectivity index is 0.859. The summed E-state index contributed by atoms with van der Waals surface area (Å²) in [5, 5.41) is 12.2. The van der Waals surface area contributed by atoms with Crippen LogP contribution in [0.2, 0.25) is 0 Å². The fraction of sp³-hybridized carbons (Fsp3) is 0.366. The fourth-order valence-corrected chi connectivity index (χ4v) is 7.95. The minimum Gasteiger partial charge on any atom is -0.357 e. The van der Waals surface area contributed by atoms with Crippen LogP contribution >= 0.6 is 0 Å². The monoisotopic (exact) mass is 710 g/mol. The molecule has 2 atom stereocenters. The van der Waals surface area contributed by atoms with Crippen LogP contribution in [0.5, 0.6) is 0 Å². The number of hydrogen-bond donors (Lipinski definition) is 3. The Bertz CT molecular complexity index is 2350. The summed E-state index contributed by atoms with van der Waals surface area (Å²) in [4.78, 5) is 62.5. The van der Waals surface area contributed by atoms with Crippen LogP contribution in [0.15, 0.2) is 54.7 Å². The third kappa shape index (κ3) is 6.80. The second-order valence-electron chi connectivity index (χ2n) is 14.4. The molecule has 0 bridgehead atoms. The number of benzene rings is 2. The summed E-state index contributed by atoms with van der Waals surface area (Å²) in [5.74, 6) is 5.90. The maximum absolute atomic E-state index is 13.4. The number of aromatic nitrogens is 4. The predicted octanol–water partition coefficient (Wildman–Crippen LogP) is 5.61. The molecule has 2 aromatic carbocycles. The molecule has 5 aromatic rings. The molecular formula is C41H42N8O4. The van der Waals surface area contributed by atoms with Crippen molar-refractivity contribution in [3.8, 4) is 11.8 Å². The van der Waals surface area contributed by atoms with Gasteiger partial charge in [-0.25, -0.2) is 4.98 Å². The van der Waals surface area contributed by atoms with Crippen LogP contribution in [0.4, 0.5) is 5.82 Å². The van der Waals surface area contributed by atoms with Gasteiger partial charge in [-0.05, 0) is 88.5 Å². The zero-order chi connectivity index (χ0) is 36.6. The molecule has 8 rings (SSSR count). The van der Waals surface area contributed by atoms with E-state index in [1.54, 1.807) is 11.0 Å². The average molecular weight is 711 g/mol. The summed E-state index contributed by atoms with van der Waals surface area (Å²) in [7, 11) is 2.15. The van der Waals surface area contributed by atoms with Crippen molar-refractivity contribution in [2.24, 2.45) is 0 Å². The van der Waals surface area contributed by atoms with Crippen molar-refractivity contribution in [1.29, 1.82) is 0 Å². The summed E-state index contributed by atoms with van der Waals surface area (Å²) in [6.07, 6.45) is 8.16. The fourth-order valence-electron chi connectivity index (χ4n) is 7.95. The highest BCUT2D eigenvalue weighted by atomic mass is 16.2. The van der Waals surface area contributed by atoms with Crippen LogP contribution in [-0.2, 0) is 22.7 Å². The quantitative estimate of drug-likeness (QED) is 0.102. The molecule has 1 unspecified atom stereocenters. The molecule has 0 radical (unpaired) electrons. The van der Waals surface area contributed by atoms with Gasteiger partial charge in [-0.3, -0.25) is 34.1 Å². The summed E-state index contributed by atoms with van der Waals surface area (Å²) >= 11 is 0. The molecule has 12 nitrogen and oxygen atoms in total. The number of fused-ring (bicyclic) bond motifs is 3. The average Bonchev–Trinajstić information content (AvgIpc) is 3.92. The number of pyridine rings is 1. The normalized spacial score (nSPS) is 18.8. The number of aryl methyl sites for hydroxylation is 2. The van der Waals surface area contributed by atoms with Crippen LogP contribution in [0, 0.1) is 18.8 Å². The molecule has 2 fully saturated rings. The zero-order valence-electron chi connectivity index (χ0n) is 30.0. The van der Waals surface area contributed by atoms with E-state index >= 15 is 0 Å². The lowest BCUT2D eigenvalue weighted by Gasteiger charge is -2.29. The SMILES string of the molecule is Cc1nn(CCCCCC#Cc2cccc3c2CN(C2CCC(=O)NC2=O)C3=O)c2cc(C(=O)Nc3cc4[nH]c([C@H]5CCCN5C)cc4cn3)ccc12. The van der Waals surface area contributed by atoms with E-state index in [1.165, 1.54) is 12.1 Å². The number of imide groups is 1. The predicted molar refractivity (Wildman–Crippen MR) is 201 cm³/mol. The lowest BCUT2D eigenvalue weighted by Crippen LogP contribution is -2.52. The molecule has 2 saturated heterocycles. The molecule has 3 aliphatic heterocycles. The van der Waals surface area contributed by atoms with Crippen LogP contribution in [-0.4, -0.2) is 72.8 Å². The van der Waals surface area contributed by atoms with Crippen molar-refractivity contribution in [3.63, 3.8) is 0 Å². The van der Waals surface area contributed by atoms with Gasteiger partial charge in [-0.2, -0.15) is 5.10 Å². The highest BCUT2D eigenvalue weighted by Crippen LogP contribution is 2.33. The Hall–Kier alpha value is -5.80. The van der Waals surface area contributed by atoms with Crippen LogP contribution in [0.3, 0.4) is 0 Å². The number of nitrogens with one attached hydrogen (secondary N) is 3. The number of rotatable bonds is 9. The van der Waals surface area contributed by atoms with E-state index in [0.29, 0.717) is 42.4 Å². The van der Waals surface area contributed by atoms with Crippen molar-refractivity contribution in [2.45, 2.75) is 83.5 Å². The number of unbranched alkanes of at least 4 members (excludes halogenated alkanes) is 3. The maximum atomic E-state index is 13.4. The largest absolute Gasteiger partial charge is 0.357 e. The van der Waals surface area contributed by atoms with E-state index in [0.717, 1.165) is 77.4 Å². The number of nitrogens with zero attached hydrogens (tertiary/aromatic N) is 5. The van der Waals surface area contributed by atoms with Gasteiger partial charge in [0, 0.05) is 77.4 Å². The van der Waals surface area contributed by atoms with Crippen LogP contribution in [0.1, 0.15) is 101 Å². The first kappa shape index (κ1) is 34.3. The molecule has 12 heteroatoms. The molecule has 270 valence electrons. The number of carbonyl (C=O) groups excluding carboxylic acids is 4. The molecule has 53 heavy (non-hydrogen) atoms. The van der Waals surface area contributed by atoms with Gasteiger partial charge in [-0.1, -0.05) is 30.4 Å². The van der Waals surface area contributed by atoms with Crippen LogP contribution < -0.4 is 10.6 Å². The highest BCUT2D eigenvalue weighted by Gasteiger charge is 2.39. The minimum atomic E-state index is -0.645. The van der Waals surface area contributed by atoms with Gasteiger partial charge in [0.1, 0.15) is 11.9 Å². The van der Waals surface area contributed by atoms with Gasteiger partial charge in [0.05, 0.1) is 16.7 Å². The summed E-state index contributed by atoms with van der Waals surface area (Å²) in [6, 6.07) is 15.0. The second kappa shape index (κ2) is 14.3. The number of piperidine rings is 1.